The molecule has 0 amide bonds. The Morgan fingerprint density at radius 3 is 2.26 bits per heavy atom. The van der Waals surface area contributed by atoms with Crippen LogP contribution in [0.25, 0.3) is 0 Å². The lowest BCUT2D eigenvalue weighted by molar-refractivity contribution is 0.702. The third kappa shape index (κ3) is 5.01. The second kappa shape index (κ2) is 8.67. The highest BCUT2D eigenvalue weighted by Crippen LogP contribution is 2.13. The summed E-state index contributed by atoms with van der Waals surface area (Å²) in [5.41, 5.74) is 0. The average Bonchev–Trinajstić information content (AvgIpc) is 2.44. The molecule has 0 saturated heterocycles. The second-order valence-corrected chi connectivity index (χ2v) is 4.88. The molecule has 0 saturated carbocycles. The van der Waals surface area contributed by atoms with Crippen LogP contribution < -0.4 is 9.80 Å². The number of aromatic nitrogens is 3. The van der Waals surface area contributed by atoms with Gasteiger partial charge in [-0.1, -0.05) is 27.2 Å². The number of hydrogen-bond donors (Lipinski definition) is 0. The highest BCUT2D eigenvalue weighted by atomic mass is 15.3. The van der Waals surface area contributed by atoms with E-state index in [-0.39, 0.29) is 0 Å². The van der Waals surface area contributed by atoms with E-state index in [1.54, 1.807) is 6.20 Å². The lowest BCUT2D eigenvalue weighted by Gasteiger charge is -2.23. The zero-order valence-corrected chi connectivity index (χ0v) is 12.8. The minimum atomic E-state index is 0.754. The minimum absolute atomic E-state index is 0.754. The van der Waals surface area contributed by atoms with Crippen molar-refractivity contribution >= 4 is 11.8 Å². The summed E-state index contributed by atoms with van der Waals surface area (Å²) in [5, 5.41) is 8.28. The Balaban J connectivity index is 2.78. The van der Waals surface area contributed by atoms with Crippen molar-refractivity contribution in [2.24, 2.45) is 0 Å². The molecule has 0 radical (unpaired) electrons. The summed E-state index contributed by atoms with van der Waals surface area (Å²) in [5.74, 6) is 1.67. The van der Waals surface area contributed by atoms with Crippen molar-refractivity contribution in [1.82, 2.24) is 15.2 Å². The summed E-state index contributed by atoms with van der Waals surface area (Å²) in [7, 11) is 2.06. The van der Waals surface area contributed by atoms with E-state index in [2.05, 4.69) is 52.8 Å². The van der Waals surface area contributed by atoms with Crippen LogP contribution in [0.5, 0.6) is 0 Å². The first-order chi connectivity index (χ1) is 9.22. The fraction of sp³-hybridized carbons (Fsp3) is 0.786. The van der Waals surface area contributed by atoms with Crippen LogP contribution in [0.4, 0.5) is 11.8 Å². The van der Waals surface area contributed by atoms with E-state index in [1.165, 1.54) is 12.8 Å². The molecule has 0 spiro atoms. The SMILES string of the molecule is CCCCN(C)c1cnnc(N(CCC)CCC)n1. The van der Waals surface area contributed by atoms with Crippen molar-refractivity contribution in [1.29, 1.82) is 0 Å². The van der Waals surface area contributed by atoms with Crippen LogP contribution in [-0.2, 0) is 0 Å². The van der Waals surface area contributed by atoms with Crippen LogP contribution in [0.2, 0.25) is 0 Å². The molecule has 5 heteroatoms. The molecule has 1 rings (SSSR count). The Labute approximate surface area is 117 Å². The van der Waals surface area contributed by atoms with Crippen molar-refractivity contribution in [3.63, 3.8) is 0 Å². The van der Waals surface area contributed by atoms with Crippen LogP contribution in [0.15, 0.2) is 6.20 Å². The molecule has 0 fully saturated rings. The van der Waals surface area contributed by atoms with Crippen molar-refractivity contribution in [2.75, 3.05) is 36.5 Å². The van der Waals surface area contributed by atoms with E-state index >= 15 is 0 Å². The molecule has 0 aliphatic heterocycles. The number of anilines is 2. The van der Waals surface area contributed by atoms with Crippen LogP contribution in [0, 0.1) is 0 Å². The molecule has 0 aliphatic carbocycles. The fourth-order valence-corrected chi connectivity index (χ4v) is 1.97. The van der Waals surface area contributed by atoms with Gasteiger partial charge in [0.25, 0.3) is 0 Å². The van der Waals surface area contributed by atoms with Crippen LogP contribution in [0.3, 0.4) is 0 Å². The van der Waals surface area contributed by atoms with Gasteiger partial charge in [-0.3, -0.25) is 0 Å². The quantitative estimate of drug-likeness (QED) is 0.687. The normalized spacial score (nSPS) is 10.5. The third-order valence-corrected chi connectivity index (χ3v) is 3.04. The van der Waals surface area contributed by atoms with Gasteiger partial charge in [-0.2, -0.15) is 10.1 Å². The highest BCUT2D eigenvalue weighted by molar-refractivity contribution is 5.40. The molecule has 1 aromatic rings. The summed E-state index contributed by atoms with van der Waals surface area (Å²) in [6.07, 6.45) is 6.30. The van der Waals surface area contributed by atoms with Gasteiger partial charge in [0.2, 0.25) is 5.95 Å². The van der Waals surface area contributed by atoms with Crippen molar-refractivity contribution < 1.29 is 0 Å². The molecule has 0 aromatic carbocycles. The minimum Gasteiger partial charge on any atom is -0.358 e. The molecule has 0 atom stereocenters. The van der Waals surface area contributed by atoms with Gasteiger partial charge in [-0.25, -0.2) is 0 Å². The first-order valence-corrected chi connectivity index (χ1v) is 7.38. The first-order valence-electron chi connectivity index (χ1n) is 7.38. The maximum absolute atomic E-state index is 4.64. The van der Waals surface area contributed by atoms with E-state index in [0.717, 1.165) is 44.2 Å². The van der Waals surface area contributed by atoms with Gasteiger partial charge in [0, 0.05) is 26.7 Å². The molecular weight excluding hydrogens is 238 g/mol. The van der Waals surface area contributed by atoms with Crippen molar-refractivity contribution in [3.05, 3.63) is 6.20 Å². The Morgan fingerprint density at radius 1 is 1.00 bits per heavy atom. The van der Waals surface area contributed by atoms with Crippen molar-refractivity contribution in [2.45, 2.75) is 46.5 Å². The number of nitrogens with zero attached hydrogens (tertiary/aromatic N) is 5. The Kier molecular flexibility index (Phi) is 7.15. The number of rotatable bonds is 9. The Bertz CT molecular complexity index is 349. The largest absolute Gasteiger partial charge is 0.358 e. The maximum Gasteiger partial charge on any atom is 0.247 e. The summed E-state index contributed by atoms with van der Waals surface area (Å²) < 4.78 is 0. The average molecular weight is 265 g/mol. The molecular formula is C14H27N5. The van der Waals surface area contributed by atoms with E-state index < -0.39 is 0 Å². The number of hydrogen-bond acceptors (Lipinski definition) is 5. The predicted octanol–water partition coefficient (Wildman–Crippen LogP) is 2.73. The second-order valence-electron chi connectivity index (χ2n) is 4.88. The predicted molar refractivity (Wildman–Crippen MR) is 80.8 cm³/mol. The summed E-state index contributed by atoms with van der Waals surface area (Å²) in [6, 6.07) is 0. The topological polar surface area (TPSA) is 45.2 Å². The van der Waals surface area contributed by atoms with Gasteiger partial charge >= 0.3 is 0 Å². The molecule has 0 unspecified atom stereocenters. The van der Waals surface area contributed by atoms with E-state index in [4.69, 9.17) is 0 Å². The molecule has 1 aromatic heterocycles. The molecule has 0 bridgehead atoms. The first kappa shape index (κ1) is 15.7. The van der Waals surface area contributed by atoms with Gasteiger partial charge in [-0.05, 0) is 19.3 Å². The highest BCUT2D eigenvalue weighted by Gasteiger charge is 2.11. The number of unbranched alkanes of at least 4 members (excludes halogenated alkanes) is 1. The molecule has 1 heterocycles. The van der Waals surface area contributed by atoms with Gasteiger partial charge in [0.05, 0.1) is 6.20 Å². The lowest BCUT2D eigenvalue weighted by atomic mass is 10.3. The van der Waals surface area contributed by atoms with E-state index in [0.29, 0.717) is 0 Å². The Morgan fingerprint density at radius 2 is 1.68 bits per heavy atom. The van der Waals surface area contributed by atoms with Crippen LogP contribution >= 0.6 is 0 Å². The monoisotopic (exact) mass is 265 g/mol. The molecule has 0 aliphatic rings. The van der Waals surface area contributed by atoms with Gasteiger partial charge < -0.3 is 9.80 Å². The molecule has 108 valence electrons. The van der Waals surface area contributed by atoms with E-state index in [1.807, 2.05) is 0 Å². The third-order valence-electron chi connectivity index (χ3n) is 3.04. The Hall–Kier alpha value is -1.39. The summed E-state index contributed by atoms with van der Waals surface area (Å²) >= 11 is 0. The van der Waals surface area contributed by atoms with E-state index in [9.17, 15) is 0 Å². The van der Waals surface area contributed by atoms with Gasteiger partial charge in [-0.15, -0.1) is 5.10 Å². The van der Waals surface area contributed by atoms with Crippen molar-refractivity contribution in [3.8, 4) is 0 Å². The maximum atomic E-state index is 4.64. The molecule has 19 heavy (non-hydrogen) atoms. The van der Waals surface area contributed by atoms with Crippen LogP contribution in [-0.4, -0.2) is 41.9 Å². The molecule has 5 nitrogen and oxygen atoms in total. The zero-order chi connectivity index (χ0) is 14.1. The van der Waals surface area contributed by atoms with Gasteiger partial charge in [0.15, 0.2) is 5.82 Å². The molecule has 0 N–H and O–H groups in total. The summed E-state index contributed by atoms with van der Waals surface area (Å²) in [4.78, 5) is 9.00. The summed E-state index contributed by atoms with van der Waals surface area (Å²) in [6.45, 7) is 9.52. The van der Waals surface area contributed by atoms with Gasteiger partial charge in [0.1, 0.15) is 0 Å². The lowest BCUT2D eigenvalue weighted by Crippen LogP contribution is -2.28. The standard InChI is InChI=1S/C14H27N5/c1-5-8-11-18(4)13-12-15-17-14(16-13)19(9-6-2)10-7-3/h12H,5-11H2,1-4H3. The zero-order valence-electron chi connectivity index (χ0n) is 12.8. The fourth-order valence-electron chi connectivity index (χ4n) is 1.97. The van der Waals surface area contributed by atoms with Crippen LogP contribution in [0.1, 0.15) is 46.5 Å². The smallest absolute Gasteiger partial charge is 0.247 e.